The average Bonchev–Trinajstić information content (AvgIpc) is 2.48. The lowest BCUT2D eigenvalue weighted by molar-refractivity contribution is -1.08. The minimum atomic E-state index is -0.0702. The first-order valence-electron chi connectivity index (χ1n) is 11.0. The van der Waals surface area contributed by atoms with Gasteiger partial charge in [-0.2, -0.15) is 0 Å². The van der Waals surface area contributed by atoms with Crippen molar-refractivity contribution in [3.05, 3.63) is 16.6 Å². The van der Waals surface area contributed by atoms with Crippen molar-refractivity contribution in [3.8, 4) is 5.75 Å². The van der Waals surface area contributed by atoms with Crippen molar-refractivity contribution < 1.29 is 31.0 Å². The number of fused-ring (bicyclic) bond motifs is 1. The zero-order valence-electron chi connectivity index (χ0n) is 22.4. The van der Waals surface area contributed by atoms with Crippen molar-refractivity contribution >= 4 is 33.2 Å². The summed E-state index contributed by atoms with van der Waals surface area (Å²) in [7, 11) is 1.71. The number of hydrogen-bond acceptors (Lipinski definition) is 3. The molecule has 0 fully saturated rings. The Morgan fingerprint density at radius 2 is 1.25 bits per heavy atom. The number of rotatable bonds is 0. The number of nitrogen functional groups attached to an aromatic ring is 1. The fraction of sp³-hybridized carbons (Fsp3) is 0.720. The number of amides is 1. The minimum Gasteiger partial charge on any atom is -1.00 e. The van der Waals surface area contributed by atoms with Gasteiger partial charge in [-0.05, 0) is 111 Å². The quantitative estimate of drug-likeness (QED) is 0.379. The third-order valence-corrected chi connectivity index (χ3v) is 6.88. The molecule has 0 aliphatic carbocycles. The van der Waals surface area contributed by atoms with Gasteiger partial charge in [-0.1, -0.05) is 0 Å². The Hall–Kier alpha value is -0.790. The van der Waals surface area contributed by atoms with Gasteiger partial charge in [0.05, 0.1) is 27.8 Å². The third-order valence-electron chi connectivity index (χ3n) is 6.19. The molecule has 32 heavy (non-hydrogen) atoms. The molecule has 0 atom stereocenters. The molecule has 0 aromatic heterocycles. The fourth-order valence-electron chi connectivity index (χ4n) is 7.35. The molecule has 1 amide bonds. The van der Waals surface area contributed by atoms with Crippen LogP contribution in [0.25, 0.3) is 0 Å². The highest BCUT2D eigenvalue weighted by atomic mass is 79.9. The van der Waals surface area contributed by atoms with E-state index >= 15 is 0 Å². The number of hydrogen-bond donors (Lipinski definition) is 1. The number of benzene rings is 1. The molecule has 2 rings (SSSR count). The van der Waals surface area contributed by atoms with E-state index < -0.39 is 0 Å². The van der Waals surface area contributed by atoms with Gasteiger partial charge in [0.1, 0.15) is 5.75 Å². The summed E-state index contributed by atoms with van der Waals surface area (Å²) in [5.41, 5.74) is 7.83. The molecule has 0 saturated carbocycles. The minimum absolute atomic E-state index is 0. The molecule has 1 aliphatic heterocycles. The smallest absolute Gasteiger partial charge is 0.264 e. The molecular weight excluding hydrogens is 534 g/mol. The first kappa shape index (κ1) is 31.2. The van der Waals surface area contributed by atoms with Crippen molar-refractivity contribution in [2.24, 2.45) is 0 Å². The number of anilines is 2. The van der Waals surface area contributed by atoms with E-state index in [1.54, 1.807) is 24.1 Å². The van der Waals surface area contributed by atoms with Crippen molar-refractivity contribution in [2.45, 2.75) is 105 Å². The lowest BCUT2D eigenvalue weighted by Crippen LogP contribution is -3.00. The SMILES string of the molecule is CC(C)(C)[N+](C(C)(C)C)(C(C)(C)C)C(C)(C)C.CN1C(=O)COc2cc(Br)c(N)cc21.[Br-]. The normalized spacial score (nSPS) is 15.2. The van der Waals surface area contributed by atoms with Crippen molar-refractivity contribution in [1.29, 1.82) is 0 Å². The van der Waals surface area contributed by atoms with Gasteiger partial charge in [-0.25, -0.2) is 0 Å². The van der Waals surface area contributed by atoms with Crippen LogP contribution in [-0.4, -0.2) is 46.2 Å². The predicted octanol–water partition coefficient (Wildman–Crippen LogP) is 3.39. The van der Waals surface area contributed by atoms with E-state index in [2.05, 4.69) is 99.0 Å². The van der Waals surface area contributed by atoms with E-state index in [4.69, 9.17) is 10.5 Å². The number of nitrogens with zero attached hydrogens (tertiary/aromatic N) is 2. The van der Waals surface area contributed by atoms with Gasteiger partial charge in [0.2, 0.25) is 0 Å². The van der Waals surface area contributed by atoms with Crippen molar-refractivity contribution in [3.63, 3.8) is 0 Å². The highest BCUT2D eigenvalue weighted by Gasteiger charge is 2.62. The number of carbonyl (C=O) groups is 1. The summed E-state index contributed by atoms with van der Waals surface area (Å²) in [6, 6.07) is 3.49. The Morgan fingerprint density at radius 3 is 1.56 bits per heavy atom. The average molecular weight is 579 g/mol. The molecule has 1 heterocycles. The number of carbonyl (C=O) groups excluding carboxylic acids is 1. The van der Waals surface area contributed by atoms with Gasteiger partial charge in [0.25, 0.3) is 5.91 Å². The maximum Gasteiger partial charge on any atom is 0.264 e. The number of halogens is 2. The molecule has 1 aliphatic rings. The van der Waals surface area contributed by atoms with Crippen LogP contribution in [-0.2, 0) is 4.79 Å². The number of quaternary nitrogens is 1. The molecule has 1 aromatic rings. The third kappa shape index (κ3) is 5.64. The molecule has 0 saturated heterocycles. The van der Waals surface area contributed by atoms with Crippen LogP contribution in [0.15, 0.2) is 16.6 Å². The summed E-state index contributed by atoms with van der Waals surface area (Å²) in [5.74, 6) is 0.604. The van der Waals surface area contributed by atoms with Crippen LogP contribution in [0.2, 0.25) is 0 Å². The summed E-state index contributed by atoms with van der Waals surface area (Å²) in [5, 5.41) is 0. The summed E-state index contributed by atoms with van der Waals surface area (Å²) >= 11 is 3.30. The van der Waals surface area contributed by atoms with E-state index in [0.29, 0.717) is 17.1 Å². The fourth-order valence-corrected chi connectivity index (χ4v) is 7.67. The van der Waals surface area contributed by atoms with Gasteiger partial charge in [-0.15, -0.1) is 0 Å². The van der Waals surface area contributed by atoms with Gasteiger partial charge < -0.3 is 36.8 Å². The van der Waals surface area contributed by atoms with Gasteiger partial charge in [0, 0.05) is 17.2 Å². The monoisotopic (exact) mass is 577 g/mol. The van der Waals surface area contributed by atoms with E-state index in [9.17, 15) is 4.79 Å². The molecule has 1 aromatic carbocycles. The highest BCUT2D eigenvalue weighted by molar-refractivity contribution is 9.10. The Morgan fingerprint density at radius 1 is 0.875 bits per heavy atom. The molecule has 2 N–H and O–H groups in total. The lowest BCUT2D eigenvalue weighted by atomic mass is 9.75. The summed E-state index contributed by atoms with van der Waals surface area (Å²) in [6.45, 7) is 28.7. The molecule has 0 unspecified atom stereocenters. The number of ether oxygens (including phenoxy) is 1. The molecule has 0 bridgehead atoms. The standard InChI is InChI=1S/C16H36N.C9H9BrN2O2.BrH/c1-13(2,3)17(14(4,5)6,15(7,8)9)16(10,11)12;1-12-7-3-6(11)5(10)2-8(7)14-4-9(12)13;/h1-12H3;2-3H,4,11H2,1H3;1H/q+1;;/p-1. The zero-order valence-corrected chi connectivity index (χ0v) is 25.6. The lowest BCUT2D eigenvalue weighted by Gasteiger charge is -2.70. The Labute approximate surface area is 215 Å². The zero-order chi connectivity index (χ0) is 24.8. The maximum atomic E-state index is 11.3. The van der Waals surface area contributed by atoms with Crippen LogP contribution in [0.5, 0.6) is 5.75 Å². The summed E-state index contributed by atoms with van der Waals surface area (Å²) < 4.78 is 7.13. The largest absolute Gasteiger partial charge is 1.00 e. The first-order chi connectivity index (χ1) is 13.6. The predicted molar refractivity (Wildman–Crippen MR) is 137 cm³/mol. The van der Waals surface area contributed by atoms with Crippen LogP contribution < -0.4 is 32.4 Å². The number of likely N-dealkylation sites (N-methyl/N-ethyl adjacent to an activating group) is 1. The van der Waals surface area contributed by atoms with E-state index in [1.165, 1.54) is 0 Å². The molecule has 5 nitrogen and oxygen atoms in total. The van der Waals surface area contributed by atoms with Crippen LogP contribution in [0.4, 0.5) is 11.4 Å². The van der Waals surface area contributed by atoms with Crippen molar-refractivity contribution in [2.75, 3.05) is 24.3 Å². The van der Waals surface area contributed by atoms with Crippen LogP contribution in [0.1, 0.15) is 83.1 Å². The highest BCUT2D eigenvalue weighted by Crippen LogP contribution is 2.50. The Kier molecular flexibility index (Phi) is 9.59. The topological polar surface area (TPSA) is 55.6 Å². The van der Waals surface area contributed by atoms with Crippen LogP contribution in [0, 0.1) is 0 Å². The molecule has 0 spiro atoms. The Balaban J connectivity index is 0.000000589. The van der Waals surface area contributed by atoms with E-state index in [0.717, 1.165) is 8.96 Å². The van der Waals surface area contributed by atoms with Gasteiger partial charge >= 0.3 is 0 Å². The second kappa shape index (κ2) is 9.83. The van der Waals surface area contributed by atoms with Gasteiger partial charge in [0.15, 0.2) is 6.61 Å². The van der Waals surface area contributed by atoms with E-state index in [1.807, 2.05) is 0 Å². The van der Waals surface area contributed by atoms with Crippen molar-refractivity contribution in [1.82, 2.24) is 0 Å². The maximum absolute atomic E-state index is 11.3. The summed E-state index contributed by atoms with van der Waals surface area (Å²) in [6.07, 6.45) is 0. The second-order valence-corrected chi connectivity index (χ2v) is 13.3. The Bertz CT molecular complexity index is 749. The van der Waals surface area contributed by atoms with Gasteiger partial charge in [-0.3, -0.25) is 4.79 Å². The number of nitrogens with two attached hydrogens (primary N) is 1. The molecule has 7 heteroatoms. The van der Waals surface area contributed by atoms with Crippen LogP contribution >= 0.6 is 15.9 Å². The molecule has 186 valence electrons. The molecular formula is C25H45Br2N3O2. The first-order valence-corrected chi connectivity index (χ1v) is 11.8. The second-order valence-electron chi connectivity index (χ2n) is 12.4. The van der Waals surface area contributed by atoms with E-state index in [-0.39, 0.29) is 51.7 Å². The molecule has 0 radical (unpaired) electrons. The summed E-state index contributed by atoms with van der Waals surface area (Å²) in [4.78, 5) is 12.8. The van der Waals surface area contributed by atoms with Crippen LogP contribution in [0.3, 0.4) is 0 Å².